The minimum atomic E-state index is -0.207. The number of nitrogens with two attached hydrogens (primary N) is 2. The number of guanidine groups is 10. The quantitative estimate of drug-likeness (QED) is 0.0655. The Balaban J connectivity index is 0.000000183. The molecule has 0 amide bonds. The van der Waals surface area contributed by atoms with Crippen LogP contribution in [0.4, 0.5) is 11.4 Å². The third-order valence-electron chi connectivity index (χ3n) is 12.3. The molecule has 14 N–H and O–H groups in total. The first-order chi connectivity index (χ1) is 43.7. The largest absolute Gasteiger partial charge is 0.370 e. The third-order valence-corrected chi connectivity index (χ3v) is 14.5. The molecule has 0 saturated heterocycles. The summed E-state index contributed by atoms with van der Waals surface area (Å²) in [5, 5.41) is 35.0. The van der Waals surface area contributed by atoms with E-state index < -0.39 is 0 Å². The number of hydrogen-bond donors (Lipinski definition) is 12. The molecule has 5 atom stereocenters. The van der Waals surface area contributed by atoms with Gasteiger partial charge in [-0.2, -0.15) is 0 Å². The number of anilines is 2. The van der Waals surface area contributed by atoms with E-state index in [4.69, 9.17) is 92.7 Å². The van der Waals surface area contributed by atoms with Gasteiger partial charge in [0.25, 0.3) is 0 Å². The monoisotopic (exact) mass is 1390 g/mol. The fraction of sp³-hybridized carbons (Fsp3) is 0.333. The zero-order valence-corrected chi connectivity index (χ0v) is 58.0. The second-order valence-corrected chi connectivity index (χ2v) is 24.0. The first kappa shape index (κ1) is 72.9. The van der Waals surface area contributed by atoms with Gasteiger partial charge >= 0.3 is 0 Å². The van der Waals surface area contributed by atoms with Gasteiger partial charge in [0.2, 0.25) is 29.8 Å². The van der Waals surface area contributed by atoms with E-state index in [-0.39, 0.29) is 30.8 Å². The molecule has 25 nitrogen and oxygen atoms in total. The van der Waals surface area contributed by atoms with E-state index in [9.17, 15) is 0 Å². The highest BCUT2D eigenvalue weighted by Crippen LogP contribution is 2.26. The Hall–Kier alpha value is -8.17. The van der Waals surface area contributed by atoms with Gasteiger partial charge in [0, 0.05) is 75.3 Å². The molecule has 92 heavy (non-hydrogen) atoms. The zero-order chi connectivity index (χ0) is 67.0. The summed E-state index contributed by atoms with van der Waals surface area (Å²) in [6.07, 6.45) is 0.503. The second kappa shape index (κ2) is 36.2. The lowest BCUT2D eigenvalue weighted by molar-refractivity contribution is 0.559. The van der Waals surface area contributed by atoms with Crippen LogP contribution in [0.3, 0.4) is 0 Å². The zero-order valence-electron chi connectivity index (χ0n) is 52.7. The number of rotatable bonds is 9. The standard InChI is InChI=1S/C14H20ClN5.C13H18ClN5.C12H16ClN5.C11H13Cl2N5.C10H11Cl2N5/c1-10-17-13(19-14(18-10)20(2)3)16-8-7-11-5-4-6-12(15)9-11;1-9-16-12(18-13(17-9)19(2)3)15-8-10-4-6-11(14)7-5-10;1-8-14-11(17-12(15-8)18(2)3)16-10-6-4-5-9(13)7-10;1-6-16-10(14)18-11(17-6)15-5-7-2-3-8(12)9(13)4-7;1-5-14-9(13)17-10(15-5)16-6-2-3-7(11)8(12)4-6/h4-6,9-10H,7-8H2,1-3H3,(H2,16,17,18,19);4-7,9H,8H2,1-3H3,(H2,15,16,17,18);4-8H,1-3H3,(H2,14,15,16,17);2-4,6H,5H2,1H3,(H4,14,15,16,17,18);2-5H,1H3,(H4,13,14,15,16,17). The van der Waals surface area contributed by atoms with E-state index in [2.05, 4.69) is 109 Å². The number of benzene rings is 5. The van der Waals surface area contributed by atoms with Gasteiger partial charge in [0.1, 0.15) is 30.8 Å². The van der Waals surface area contributed by atoms with Crippen LogP contribution in [0.15, 0.2) is 159 Å². The Labute approximate surface area is 572 Å². The maximum atomic E-state index is 5.96. The van der Waals surface area contributed by atoms with Crippen molar-refractivity contribution in [3.8, 4) is 0 Å². The summed E-state index contributed by atoms with van der Waals surface area (Å²) in [4.78, 5) is 49.1. The average molecular weight is 1400 g/mol. The number of halogens is 7. The van der Waals surface area contributed by atoms with Crippen molar-refractivity contribution in [2.75, 3.05) is 59.5 Å². The van der Waals surface area contributed by atoms with Crippen LogP contribution < -0.4 is 64.6 Å². The first-order valence-corrected chi connectivity index (χ1v) is 31.4. The highest BCUT2D eigenvalue weighted by Gasteiger charge is 2.19. The molecule has 5 aliphatic heterocycles. The Morgan fingerprint density at radius 2 is 0.880 bits per heavy atom. The van der Waals surface area contributed by atoms with Crippen molar-refractivity contribution >= 4 is 152 Å². The summed E-state index contributed by atoms with van der Waals surface area (Å²) < 4.78 is 0. The van der Waals surface area contributed by atoms with Crippen molar-refractivity contribution in [2.24, 2.45) is 61.4 Å². The summed E-state index contributed by atoms with van der Waals surface area (Å²) >= 11 is 41.3. The molecule has 10 rings (SSSR count). The molecule has 0 fully saturated rings. The Morgan fingerprint density at radius 3 is 1.42 bits per heavy atom. The van der Waals surface area contributed by atoms with Gasteiger partial charge in [-0.3, -0.25) is 31.6 Å². The molecule has 32 heteroatoms. The van der Waals surface area contributed by atoms with E-state index in [1.54, 1.807) is 30.3 Å². The lowest BCUT2D eigenvalue weighted by atomic mass is 10.1. The number of nitrogens with one attached hydrogen (secondary N) is 10. The molecular formula is C60H78Cl7N25. The van der Waals surface area contributed by atoms with Crippen LogP contribution in [0.1, 0.15) is 51.3 Å². The molecule has 0 spiro atoms. The van der Waals surface area contributed by atoms with Crippen molar-refractivity contribution < 1.29 is 0 Å². The predicted molar refractivity (Wildman–Crippen MR) is 387 cm³/mol. The minimum Gasteiger partial charge on any atom is -0.370 e. The summed E-state index contributed by atoms with van der Waals surface area (Å²) in [6, 6.07) is 33.7. The van der Waals surface area contributed by atoms with E-state index in [0.29, 0.717) is 74.5 Å². The molecule has 5 heterocycles. The van der Waals surface area contributed by atoms with Crippen molar-refractivity contribution in [1.82, 2.24) is 57.2 Å². The first-order valence-electron chi connectivity index (χ1n) is 28.8. The van der Waals surface area contributed by atoms with Crippen LogP contribution >= 0.6 is 81.2 Å². The molecule has 0 saturated carbocycles. The van der Waals surface area contributed by atoms with Gasteiger partial charge in [-0.25, -0.2) is 44.9 Å². The molecule has 0 aromatic heterocycles. The number of hydrogen-bond acceptors (Lipinski definition) is 19. The summed E-state index contributed by atoms with van der Waals surface area (Å²) in [6.45, 7) is 11.4. The molecule has 492 valence electrons. The van der Waals surface area contributed by atoms with Gasteiger partial charge in [-0.05, 0) is 131 Å². The molecule has 5 aromatic rings. The van der Waals surface area contributed by atoms with Gasteiger partial charge in [0.05, 0.1) is 33.2 Å². The van der Waals surface area contributed by atoms with E-state index in [0.717, 1.165) is 68.8 Å². The topological polar surface area (TPSA) is 306 Å². The molecule has 5 aliphatic rings. The van der Waals surface area contributed by atoms with Gasteiger partial charge in [-0.15, -0.1) is 0 Å². The van der Waals surface area contributed by atoms with Crippen molar-refractivity contribution in [3.63, 3.8) is 0 Å². The molecule has 0 aliphatic carbocycles. The fourth-order valence-corrected chi connectivity index (χ4v) is 9.15. The second-order valence-electron chi connectivity index (χ2n) is 21.1. The minimum absolute atomic E-state index is 0.0163. The number of aliphatic imine (C=N–C) groups is 10. The van der Waals surface area contributed by atoms with Crippen molar-refractivity contribution in [1.29, 1.82) is 0 Å². The molecule has 5 aromatic carbocycles. The Kier molecular flexibility index (Phi) is 28.7. The van der Waals surface area contributed by atoms with E-state index >= 15 is 0 Å². The molecule has 0 radical (unpaired) electrons. The van der Waals surface area contributed by atoms with Crippen LogP contribution in [0.2, 0.25) is 35.2 Å². The van der Waals surface area contributed by atoms with Crippen molar-refractivity contribution in [2.45, 2.75) is 85.0 Å². The van der Waals surface area contributed by atoms with Gasteiger partial charge < -0.3 is 52.8 Å². The smallest absolute Gasteiger partial charge is 0.204 e. The average Bonchev–Trinajstić information content (AvgIpc) is 1.44. The molecule has 5 unspecified atom stereocenters. The fourth-order valence-electron chi connectivity index (χ4n) is 8.01. The predicted octanol–water partition coefficient (Wildman–Crippen LogP) is 9.05. The maximum Gasteiger partial charge on any atom is 0.204 e. The summed E-state index contributed by atoms with van der Waals surface area (Å²) in [7, 11) is 11.7. The van der Waals surface area contributed by atoms with Crippen LogP contribution in [-0.4, -0.2) is 154 Å². The van der Waals surface area contributed by atoms with Crippen LogP contribution in [0.25, 0.3) is 0 Å². The normalized spacial score (nSPS) is 19.9. The highest BCUT2D eigenvalue weighted by atomic mass is 35.5. The molecule has 0 bridgehead atoms. The summed E-state index contributed by atoms with van der Waals surface area (Å²) in [5.41, 5.74) is 16.1. The lowest BCUT2D eigenvalue weighted by Crippen LogP contribution is -2.53. The van der Waals surface area contributed by atoms with Crippen molar-refractivity contribution in [3.05, 3.63) is 161 Å². The number of nitrogens with zero attached hydrogens (tertiary/aromatic N) is 13. The highest BCUT2D eigenvalue weighted by molar-refractivity contribution is 6.42. The summed E-state index contributed by atoms with van der Waals surface area (Å²) in [5.74, 6) is 6.39. The Bertz CT molecular complexity index is 3600. The SMILES string of the molecule is CC1N=C(N(C)C)NC(=NCCc2cccc(Cl)c2)N1.CC1N=C(N(C)C)NC(=NCc2ccc(Cl)cc2)N1.CC1N=C(N)NC(=NCc2ccc(Cl)c(Cl)c2)N1.CC1N=C(N)NC(Nc2ccc(Cl)c(Cl)c2)=N1.CC1N=C(Nc2cccc(Cl)c2)NC(N(C)C)=N1. The van der Waals surface area contributed by atoms with Crippen LogP contribution in [0.5, 0.6) is 0 Å². The van der Waals surface area contributed by atoms with Gasteiger partial charge in [0.15, 0.2) is 29.8 Å². The Morgan fingerprint density at radius 1 is 0.413 bits per heavy atom. The molecular weight excluding hydrogens is 1320 g/mol. The van der Waals surface area contributed by atoms with Crippen LogP contribution in [-0.2, 0) is 19.5 Å². The van der Waals surface area contributed by atoms with E-state index in [1.165, 1.54) is 5.56 Å². The van der Waals surface area contributed by atoms with Gasteiger partial charge in [-0.1, -0.05) is 118 Å². The third kappa shape index (κ3) is 25.8. The van der Waals surface area contributed by atoms with Crippen LogP contribution in [0, 0.1) is 0 Å². The van der Waals surface area contributed by atoms with E-state index in [1.807, 2.05) is 164 Å². The lowest BCUT2D eigenvalue weighted by Gasteiger charge is -2.26. The maximum absolute atomic E-state index is 5.96.